The molecule has 200 valence electrons. The average molecular weight is 547 g/mol. The molecule has 4 aromatic rings. The summed E-state index contributed by atoms with van der Waals surface area (Å²) in [5.74, 6) is 0.404. The first-order chi connectivity index (χ1) is 19.0. The zero-order chi connectivity index (χ0) is 27.2. The highest BCUT2D eigenvalue weighted by Gasteiger charge is 2.17. The third-order valence-electron chi connectivity index (χ3n) is 6.12. The molecule has 0 radical (unpaired) electrons. The van der Waals surface area contributed by atoms with E-state index in [1.807, 2.05) is 24.3 Å². The second-order valence-corrected chi connectivity index (χ2v) is 9.13. The molecule has 1 fully saturated rings. The van der Waals surface area contributed by atoms with E-state index in [1.54, 1.807) is 60.5 Å². The van der Waals surface area contributed by atoms with E-state index in [4.69, 9.17) is 21.1 Å². The Morgan fingerprint density at radius 1 is 0.949 bits per heavy atom. The summed E-state index contributed by atoms with van der Waals surface area (Å²) in [6, 6.07) is 19.1. The van der Waals surface area contributed by atoms with Gasteiger partial charge in [-0.05, 0) is 42.5 Å². The number of para-hydroxylation sites is 1. The number of nitrogens with one attached hydrogen (secondary N) is 3. The summed E-state index contributed by atoms with van der Waals surface area (Å²) in [7, 11) is 1.61. The maximum Gasteiger partial charge on any atom is 0.323 e. The van der Waals surface area contributed by atoms with Crippen LogP contribution in [0.3, 0.4) is 0 Å². The van der Waals surface area contributed by atoms with Crippen LogP contribution in [0.15, 0.2) is 79.1 Å². The predicted octanol–water partition coefficient (Wildman–Crippen LogP) is 5.27. The van der Waals surface area contributed by atoms with Gasteiger partial charge in [-0.25, -0.2) is 9.48 Å². The van der Waals surface area contributed by atoms with Crippen molar-refractivity contribution < 1.29 is 19.1 Å². The Kier molecular flexibility index (Phi) is 7.95. The van der Waals surface area contributed by atoms with Gasteiger partial charge in [-0.3, -0.25) is 4.79 Å². The molecule has 0 aliphatic carbocycles. The Morgan fingerprint density at radius 2 is 1.77 bits per heavy atom. The number of amides is 3. The molecule has 1 aromatic heterocycles. The number of rotatable bonds is 7. The lowest BCUT2D eigenvalue weighted by Gasteiger charge is -2.30. The Hall–Kier alpha value is -4.54. The summed E-state index contributed by atoms with van der Waals surface area (Å²) in [5, 5.41) is 13.1. The molecule has 3 N–H and O–H groups in total. The molecule has 1 saturated heterocycles. The van der Waals surface area contributed by atoms with Crippen molar-refractivity contribution in [1.29, 1.82) is 0 Å². The van der Waals surface area contributed by atoms with E-state index >= 15 is 0 Å². The number of benzene rings is 3. The van der Waals surface area contributed by atoms with Crippen LogP contribution in [0.2, 0.25) is 5.02 Å². The van der Waals surface area contributed by atoms with Gasteiger partial charge in [0.1, 0.15) is 5.75 Å². The number of hydrogen-bond acceptors (Lipinski definition) is 6. The van der Waals surface area contributed by atoms with Crippen LogP contribution in [0, 0.1) is 0 Å². The summed E-state index contributed by atoms with van der Waals surface area (Å²) in [4.78, 5) is 27.6. The lowest BCUT2D eigenvalue weighted by molar-refractivity contribution is 0.102. The minimum Gasteiger partial charge on any atom is -0.495 e. The number of hydrogen-bond donors (Lipinski definition) is 3. The minimum atomic E-state index is -0.453. The quantitative estimate of drug-likeness (QED) is 0.291. The van der Waals surface area contributed by atoms with Crippen molar-refractivity contribution in [3.05, 3.63) is 89.7 Å². The first-order valence-electron chi connectivity index (χ1n) is 12.3. The number of carbonyl (C=O) groups excluding carboxylic acids is 2. The van der Waals surface area contributed by atoms with E-state index in [0.29, 0.717) is 52.3 Å². The number of urea groups is 1. The molecule has 1 aliphatic rings. The fraction of sp³-hybridized carbons (Fsp3) is 0.179. The second-order valence-electron chi connectivity index (χ2n) is 8.72. The van der Waals surface area contributed by atoms with Gasteiger partial charge in [-0.1, -0.05) is 29.8 Å². The summed E-state index contributed by atoms with van der Waals surface area (Å²) in [6.07, 6.45) is 3.17. The van der Waals surface area contributed by atoms with Gasteiger partial charge in [0.2, 0.25) is 0 Å². The number of morpholine rings is 1. The molecule has 39 heavy (non-hydrogen) atoms. The molecule has 0 bridgehead atoms. The second kappa shape index (κ2) is 11.9. The van der Waals surface area contributed by atoms with E-state index < -0.39 is 6.03 Å². The van der Waals surface area contributed by atoms with Gasteiger partial charge < -0.3 is 30.3 Å². The highest BCUT2D eigenvalue weighted by molar-refractivity contribution is 6.33. The lowest BCUT2D eigenvalue weighted by atomic mass is 10.1. The first kappa shape index (κ1) is 26.1. The Morgan fingerprint density at radius 3 is 2.56 bits per heavy atom. The van der Waals surface area contributed by atoms with Crippen LogP contribution in [0.25, 0.3) is 5.69 Å². The van der Waals surface area contributed by atoms with E-state index in [2.05, 4.69) is 25.9 Å². The van der Waals surface area contributed by atoms with Crippen LogP contribution in [0.4, 0.5) is 27.5 Å². The number of halogens is 1. The average Bonchev–Trinajstić information content (AvgIpc) is 3.43. The van der Waals surface area contributed by atoms with Crippen LogP contribution < -0.4 is 25.6 Å². The molecular weight excluding hydrogens is 520 g/mol. The summed E-state index contributed by atoms with van der Waals surface area (Å²) < 4.78 is 12.6. The molecule has 11 heteroatoms. The van der Waals surface area contributed by atoms with Gasteiger partial charge in [-0.2, -0.15) is 5.10 Å². The summed E-state index contributed by atoms with van der Waals surface area (Å²) >= 11 is 6.10. The number of nitrogens with zero attached hydrogens (tertiary/aromatic N) is 3. The van der Waals surface area contributed by atoms with E-state index in [9.17, 15) is 9.59 Å². The molecule has 1 aliphatic heterocycles. The van der Waals surface area contributed by atoms with Crippen molar-refractivity contribution in [3.8, 4) is 11.4 Å². The van der Waals surface area contributed by atoms with Crippen molar-refractivity contribution in [1.82, 2.24) is 9.78 Å². The van der Waals surface area contributed by atoms with Gasteiger partial charge in [0, 0.05) is 30.4 Å². The number of ether oxygens (including phenoxy) is 2. The fourth-order valence-electron chi connectivity index (χ4n) is 4.19. The number of methoxy groups -OCH3 is 1. The monoisotopic (exact) mass is 546 g/mol. The fourth-order valence-corrected chi connectivity index (χ4v) is 4.37. The standard InChI is InChI=1S/C28H27ClN6O4/c1-38-26-16-20(9-10-25(26)34-11-13-39-14-12-34)31-27(36)19-5-4-6-22(15-19)35-18-21(17-30-35)32-28(37)33-24-8-3-2-7-23(24)29/h2-10,15-18H,11-14H2,1H3,(H,31,36)(H2,32,33,37). The lowest BCUT2D eigenvalue weighted by Crippen LogP contribution is -2.36. The van der Waals surface area contributed by atoms with Crippen molar-refractivity contribution >= 4 is 46.3 Å². The maximum atomic E-state index is 13.1. The third kappa shape index (κ3) is 6.31. The normalized spacial score (nSPS) is 13.0. The van der Waals surface area contributed by atoms with Crippen molar-refractivity contribution in [2.24, 2.45) is 0 Å². The SMILES string of the molecule is COc1cc(NC(=O)c2cccc(-n3cc(NC(=O)Nc4ccccc4Cl)cn3)c2)ccc1N1CCOCC1. The van der Waals surface area contributed by atoms with Crippen LogP contribution in [0.1, 0.15) is 10.4 Å². The Bertz CT molecular complexity index is 1480. The zero-order valence-electron chi connectivity index (χ0n) is 21.2. The molecular formula is C28H27ClN6O4. The molecule has 0 atom stereocenters. The van der Waals surface area contributed by atoms with Gasteiger partial charge in [0.05, 0.1) is 60.5 Å². The van der Waals surface area contributed by atoms with Gasteiger partial charge in [-0.15, -0.1) is 0 Å². The van der Waals surface area contributed by atoms with Crippen molar-refractivity contribution in [2.75, 3.05) is 54.3 Å². The van der Waals surface area contributed by atoms with Gasteiger partial charge in [0.25, 0.3) is 5.91 Å². The minimum absolute atomic E-state index is 0.275. The van der Waals surface area contributed by atoms with Crippen molar-refractivity contribution in [2.45, 2.75) is 0 Å². The van der Waals surface area contributed by atoms with E-state index in [-0.39, 0.29) is 5.91 Å². The molecule has 3 aromatic carbocycles. The third-order valence-corrected chi connectivity index (χ3v) is 6.45. The first-order valence-corrected chi connectivity index (χ1v) is 12.7. The largest absolute Gasteiger partial charge is 0.495 e. The Balaban J connectivity index is 1.25. The molecule has 5 rings (SSSR count). The smallest absolute Gasteiger partial charge is 0.323 e. The maximum absolute atomic E-state index is 13.1. The number of aromatic nitrogens is 2. The van der Waals surface area contributed by atoms with Crippen LogP contribution in [0.5, 0.6) is 5.75 Å². The number of carbonyl (C=O) groups is 2. The van der Waals surface area contributed by atoms with Crippen LogP contribution in [-0.2, 0) is 4.74 Å². The van der Waals surface area contributed by atoms with Crippen LogP contribution >= 0.6 is 11.6 Å². The summed E-state index contributed by atoms with van der Waals surface area (Å²) in [6.45, 7) is 2.90. The Labute approximate surface area is 230 Å². The highest BCUT2D eigenvalue weighted by Crippen LogP contribution is 2.32. The van der Waals surface area contributed by atoms with E-state index in [1.165, 1.54) is 6.20 Å². The topological polar surface area (TPSA) is 110 Å². The molecule has 0 unspecified atom stereocenters. The van der Waals surface area contributed by atoms with Gasteiger partial charge >= 0.3 is 6.03 Å². The summed E-state index contributed by atoms with van der Waals surface area (Å²) in [5.41, 5.74) is 3.66. The molecule has 0 spiro atoms. The molecule has 0 saturated carbocycles. The van der Waals surface area contributed by atoms with E-state index in [0.717, 1.165) is 18.8 Å². The molecule has 2 heterocycles. The molecule has 10 nitrogen and oxygen atoms in total. The van der Waals surface area contributed by atoms with Gasteiger partial charge in [0.15, 0.2) is 0 Å². The van der Waals surface area contributed by atoms with Crippen LogP contribution in [-0.4, -0.2) is 55.1 Å². The zero-order valence-corrected chi connectivity index (χ0v) is 21.9. The molecule has 3 amide bonds. The predicted molar refractivity (Wildman–Crippen MR) is 152 cm³/mol. The number of anilines is 4. The van der Waals surface area contributed by atoms with Crippen molar-refractivity contribution in [3.63, 3.8) is 0 Å². The highest BCUT2D eigenvalue weighted by atomic mass is 35.5.